The number of hydrogen-bond acceptors (Lipinski definition) is 5. The molecular weight excluding hydrogens is 372 g/mol. The average molecular weight is 392 g/mol. The first-order chi connectivity index (χ1) is 14.0. The maximum Gasteiger partial charge on any atom is 0.276 e. The van der Waals surface area contributed by atoms with Crippen molar-refractivity contribution in [1.29, 1.82) is 0 Å². The van der Waals surface area contributed by atoms with Gasteiger partial charge in [-0.2, -0.15) is 5.10 Å². The van der Waals surface area contributed by atoms with Gasteiger partial charge in [-0.1, -0.05) is 24.3 Å². The number of aromatic nitrogens is 2. The number of nitro benzene ring substituents is 1. The van der Waals surface area contributed by atoms with E-state index < -0.39 is 4.92 Å². The van der Waals surface area contributed by atoms with Crippen LogP contribution in [-0.2, 0) is 4.79 Å². The molecule has 0 spiro atoms. The first kappa shape index (κ1) is 18.7. The minimum absolute atomic E-state index is 0.0425. The molecule has 8 nitrogen and oxygen atoms in total. The van der Waals surface area contributed by atoms with Crippen molar-refractivity contribution in [2.24, 2.45) is 0 Å². The number of ether oxygens (including phenoxy) is 1. The van der Waals surface area contributed by atoms with Crippen molar-refractivity contribution in [1.82, 2.24) is 9.78 Å². The van der Waals surface area contributed by atoms with Crippen LogP contribution in [0.2, 0.25) is 0 Å². The molecule has 0 aliphatic heterocycles. The van der Waals surface area contributed by atoms with Gasteiger partial charge >= 0.3 is 0 Å². The summed E-state index contributed by atoms with van der Waals surface area (Å²) >= 11 is 0. The van der Waals surface area contributed by atoms with Crippen LogP contribution < -0.4 is 10.1 Å². The van der Waals surface area contributed by atoms with Gasteiger partial charge < -0.3 is 10.1 Å². The molecule has 1 saturated carbocycles. The fourth-order valence-electron chi connectivity index (χ4n) is 3.11. The molecular formula is C21H20N4O4. The molecule has 0 saturated heterocycles. The van der Waals surface area contributed by atoms with Gasteiger partial charge in [0.25, 0.3) is 11.6 Å². The van der Waals surface area contributed by atoms with Crippen LogP contribution in [0.3, 0.4) is 0 Å². The number of amides is 1. The largest absolute Gasteiger partial charge is 0.483 e. The van der Waals surface area contributed by atoms with Crippen molar-refractivity contribution in [3.63, 3.8) is 0 Å². The van der Waals surface area contributed by atoms with Crippen molar-refractivity contribution in [3.8, 4) is 11.4 Å². The van der Waals surface area contributed by atoms with Gasteiger partial charge in [0.1, 0.15) is 11.6 Å². The Kier molecular flexibility index (Phi) is 4.99. The van der Waals surface area contributed by atoms with E-state index in [2.05, 4.69) is 10.4 Å². The molecule has 0 bridgehead atoms. The van der Waals surface area contributed by atoms with E-state index in [1.807, 2.05) is 36.4 Å². The lowest BCUT2D eigenvalue weighted by molar-refractivity contribution is -0.385. The van der Waals surface area contributed by atoms with Crippen LogP contribution in [0.25, 0.3) is 5.69 Å². The SMILES string of the molecule is Cc1c(OCC(=O)Nc2cc(C3CC3)nn2-c2ccccc2)cccc1[N+](=O)[O-]. The number of hydrogen-bond donors (Lipinski definition) is 1. The van der Waals surface area contributed by atoms with Crippen LogP contribution in [0, 0.1) is 17.0 Å². The molecule has 1 aliphatic carbocycles. The average Bonchev–Trinajstić information content (AvgIpc) is 3.48. The highest BCUT2D eigenvalue weighted by Gasteiger charge is 2.28. The van der Waals surface area contributed by atoms with E-state index in [0.29, 0.717) is 23.0 Å². The Morgan fingerprint density at radius 2 is 2.00 bits per heavy atom. The van der Waals surface area contributed by atoms with E-state index in [1.54, 1.807) is 17.7 Å². The lowest BCUT2D eigenvalue weighted by Crippen LogP contribution is -2.22. The Bertz CT molecular complexity index is 1060. The summed E-state index contributed by atoms with van der Waals surface area (Å²) in [5.41, 5.74) is 2.15. The topological polar surface area (TPSA) is 99.3 Å². The number of nitro groups is 1. The van der Waals surface area contributed by atoms with Crippen LogP contribution in [-0.4, -0.2) is 27.2 Å². The molecule has 1 heterocycles. The molecule has 0 unspecified atom stereocenters. The van der Waals surface area contributed by atoms with Gasteiger partial charge in [0, 0.05) is 18.1 Å². The van der Waals surface area contributed by atoms with E-state index in [1.165, 1.54) is 12.1 Å². The molecule has 8 heteroatoms. The Labute approximate surface area is 167 Å². The van der Waals surface area contributed by atoms with Crippen molar-refractivity contribution >= 4 is 17.4 Å². The van der Waals surface area contributed by atoms with Crippen molar-refractivity contribution in [2.45, 2.75) is 25.7 Å². The highest BCUT2D eigenvalue weighted by atomic mass is 16.6. The summed E-state index contributed by atoms with van der Waals surface area (Å²) < 4.78 is 7.24. The number of carbonyl (C=O) groups is 1. The second-order valence-electron chi connectivity index (χ2n) is 6.97. The van der Waals surface area contributed by atoms with Gasteiger partial charge in [-0.3, -0.25) is 14.9 Å². The molecule has 0 atom stereocenters. The van der Waals surface area contributed by atoms with E-state index in [9.17, 15) is 14.9 Å². The third-order valence-electron chi connectivity index (χ3n) is 4.80. The highest BCUT2D eigenvalue weighted by molar-refractivity contribution is 5.91. The van der Waals surface area contributed by atoms with Crippen molar-refractivity contribution in [2.75, 3.05) is 11.9 Å². The summed E-state index contributed by atoms with van der Waals surface area (Å²) in [5, 5.41) is 18.5. The normalized spacial score (nSPS) is 13.1. The smallest absolute Gasteiger partial charge is 0.276 e. The summed E-state index contributed by atoms with van der Waals surface area (Å²) in [5.74, 6) is 0.960. The first-order valence-corrected chi connectivity index (χ1v) is 9.35. The van der Waals surface area contributed by atoms with Crippen LogP contribution in [0.5, 0.6) is 5.75 Å². The maximum absolute atomic E-state index is 12.5. The standard InChI is InChI=1S/C21H20N4O4/c1-14-18(25(27)28)8-5-9-19(14)29-13-21(26)22-20-12-17(15-10-11-15)23-24(20)16-6-3-2-4-7-16/h2-9,12,15H,10-11,13H2,1H3,(H,22,26). The van der Waals surface area contributed by atoms with Crippen LogP contribution in [0.4, 0.5) is 11.5 Å². The molecule has 1 N–H and O–H groups in total. The molecule has 148 valence electrons. The zero-order chi connectivity index (χ0) is 20.4. The minimum atomic E-state index is -0.472. The molecule has 1 fully saturated rings. The number of nitrogens with one attached hydrogen (secondary N) is 1. The van der Waals surface area contributed by atoms with Gasteiger partial charge in [-0.15, -0.1) is 0 Å². The zero-order valence-electron chi connectivity index (χ0n) is 15.9. The summed E-state index contributed by atoms with van der Waals surface area (Å²) in [7, 11) is 0. The van der Waals surface area contributed by atoms with Crippen molar-refractivity contribution < 1.29 is 14.5 Å². The lowest BCUT2D eigenvalue weighted by atomic mass is 10.2. The molecule has 1 aliphatic rings. The Balaban J connectivity index is 1.49. The summed E-state index contributed by atoms with van der Waals surface area (Å²) in [6.07, 6.45) is 2.21. The van der Waals surface area contributed by atoms with Crippen LogP contribution in [0.15, 0.2) is 54.6 Å². The Morgan fingerprint density at radius 3 is 2.69 bits per heavy atom. The molecule has 1 amide bonds. The second-order valence-corrected chi connectivity index (χ2v) is 6.97. The van der Waals surface area contributed by atoms with Gasteiger partial charge in [-0.05, 0) is 38.0 Å². The maximum atomic E-state index is 12.5. The lowest BCUT2D eigenvalue weighted by Gasteiger charge is -2.11. The van der Waals surface area contributed by atoms with Crippen LogP contribution >= 0.6 is 0 Å². The molecule has 2 aromatic carbocycles. The second kappa shape index (κ2) is 7.75. The van der Waals surface area contributed by atoms with Crippen molar-refractivity contribution in [3.05, 3.63) is 76.0 Å². The quantitative estimate of drug-likeness (QED) is 0.484. The summed E-state index contributed by atoms with van der Waals surface area (Å²) in [6, 6.07) is 16.0. The van der Waals surface area contributed by atoms with E-state index in [-0.39, 0.29) is 18.2 Å². The third kappa shape index (κ3) is 4.11. The summed E-state index contributed by atoms with van der Waals surface area (Å²) in [6.45, 7) is 1.33. The highest BCUT2D eigenvalue weighted by Crippen LogP contribution is 2.40. The predicted octanol–water partition coefficient (Wildman–Crippen LogP) is 3.98. The number of para-hydroxylation sites is 1. The molecule has 4 rings (SSSR count). The van der Waals surface area contributed by atoms with Gasteiger partial charge in [0.2, 0.25) is 0 Å². The minimum Gasteiger partial charge on any atom is -0.483 e. The zero-order valence-corrected chi connectivity index (χ0v) is 15.9. The molecule has 0 radical (unpaired) electrons. The number of carbonyl (C=O) groups excluding carboxylic acids is 1. The van der Waals surface area contributed by atoms with Gasteiger partial charge in [-0.25, -0.2) is 4.68 Å². The predicted molar refractivity (Wildman–Crippen MR) is 107 cm³/mol. The fraction of sp³-hybridized carbons (Fsp3) is 0.238. The first-order valence-electron chi connectivity index (χ1n) is 9.35. The fourth-order valence-corrected chi connectivity index (χ4v) is 3.11. The summed E-state index contributed by atoms with van der Waals surface area (Å²) in [4.78, 5) is 23.1. The number of benzene rings is 2. The molecule has 29 heavy (non-hydrogen) atoms. The Hall–Kier alpha value is -3.68. The van der Waals surface area contributed by atoms with E-state index in [0.717, 1.165) is 24.2 Å². The number of rotatable bonds is 7. The van der Waals surface area contributed by atoms with E-state index in [4.69, 9.17) is 4.74 Å². The number of anilines is 1. The Morgan fingerprint density at radius 1 is 1.24 bits per heavy atom. The molecule has 3 aromatic rings. The van der Waals surface area contributed by atoms with Crippen LogP contribution in [0.1, 0.15) is 30.0 Å². The monoisotopic (exact) mass is 392 g/mol. The number of nitrogens with zero attached hydrogens (tertiary/aromatic N) is 3. The van der Waals surface area contributed by atoms with Gasteiger partial charge in [0.05, 0.1) is 21.9 Å². The van der Waals surface area contributed by atoms with Gasteiger partial charge in [0.15, 0.2) is 6.61 Å². The third-order valence-corrected chi connectivity index (χ3v) is 4.80. The molecule has 1 aromatic heterocycles. The van der Waals surface area contributed by atoms with E-state index >= 15 is 0 Å².